The highest BCUT2D eigenvalue weighted by Gasteiger charge is 2.30. The minimum atomic E-state index is -1.28. The fourth-order valence-electron chi connectivity index (χ4n) is 3.05. The van der Waals surface area contributed by atoms with E-state index < -0.39 is 54.5 Å². The van der Waals surface area contributed by atoms with Gasteiger partial charge in [-0.25, -0.2) is 14.8 Å². The van der Waals surface area contributed by atoms with Crippen molar-refractivity contribution in [2.24, 2.45) is 5.73 Å². The zero-order chi connectivity index (χ0) is 25.8. The van der Waals surface area contributed by atoms with Gasteiger partial charge >= 0.3 is 5.97 Å². The van der Waals surface area contributed by atoms with Gasteiger partial charge in [0.1, 0.15) is 24.2 Å². The molecule has 0 saturated carbocycles. The van der Waals surface area contributed by atoms with Gasteiger partial charge in [0.05, 0.1) is 19.3 Å². The van der Waals surface area contributed by atoms with Crippen LogP contribution in [0.2, 0.25) is 0 Å². The number of nitrogens with two attached hydrogens (primary N) is 1. The number of carbonyl (C=O) groups excluding carboxylic acids is 3. The molecule has 0 aliphatic rings. The lowest BCUT2D eigenvalue weighted by atomic mass is 10.1. The van der Waals surface area contributed by atoms with E-state index in [2.05, 4.69) is 35.9 Å². The molecule has 0 spiro atoms. The lowest BCUT2D eigenvalue weighted by Gasteiger charge is -2.24. The Morgan fingerprint density at radius 2 is 1.46 bits per heavy atom. The summed E-state index contributed by atoms with van der Waals surface area (Å²) in [6.07, 6.45) is 7.74. The molecule has 35 heavy (non-hydrogen) atoms. The number of aliphatic hydroxyl groups is 1. The Balaban J connectivity index is 2.17. The van der Waals surface area contributed by atoms with E-state index >= 15 is 0 Å². The number of aliphatic hydroxyl groups excluding tert-OH is 1. The van der Waals surface area contributed by atoms with Crippen LogP contribution in [0, 0.1) is 0 Å². The molecule has 2 heterocycles. The summed E-state index contributed by atoms with van der Waals surface area (Å²) in [5.74, 6) is -2.84. The molecule has 2 rings (SSSR count). The van der Waals surface area contributed by atoms with E-state index in [4.69, 9.17) is 10.8 Å². The highest BCUT2D eigenvalue weighted by molar-refractivity contribution is 7.98. The Morgan fingerprint density at radius 1 is 0.943 bits per heavy atom. The third kappa shape index (κ3) is 9.03. The van der Waals surface area contributed by atoms with Gasteiger partial charge in [-0.15, -0.1) is 0 Å². The van der Waals surface area contributed by atoms with E-state index in [9.17, 15) is 24.3 Å². The molecule has 15 heteroatoms. The summed E-state index contributed by atoms with van der Waals surface area (Å²) in [5.41, 5.74) is 6.57. The summed E-state index contributed by atoms with van der Waals surface area (Å²) >= 11 is 1.45. The zero-order valence-corrected chi connectivity index (χ0v) is 19.9. The summed E-state index contributed by atoms with van der Waals surface area (Å²) < 4.78 is 0. The van der Waals surface area contributed by atoms with Gasteiger partial charge in [0, 0.05) is 36.6 Å². The predicted molar refractivity (Wildman–Crippen MR) is 126 cm³/mol. The summed E-state index contributed by atoms with van der Waals surface area (Å²) in [6, 6.07) is -4.68. The predicted octanol–water partition coefficient (Wildman–Crippen LogP) is -2.47. The van der Waals surface area contributed by atoms with Crippen LogP contribution in [-0.4, -0.2) is 96.6 Å². The van der Waals surface area contributed by atoms with E-state index in [1.54, 1.807) is 0 Å². The van der Waals surface area contributed by atoms with E-state index in [1.807, 2.05) is 6.26 Å². The van der Waals surface area contributed by atoms with Gasteiger partial charge in [-0.05, 0) is 18.4 Å². The molecule has 9 N–H and O–H groups in total. The number of carboxylic acids is 1. The number of hydrogen-bond acceptors (Lipinski definition) is 9. The van der Waals surface area contributed by atoms with E-state index in [0.29, 0.717) is 17.1 Å². The van der Waals surface area contributed by atoms with Crippen LogP contribution >= 0.6 is 11.8 Å². The zero-order valence-electron chi connectivity index (χ0n) is 19.1. The SMILES string of the molecule is CSCCC(NC(=O)C(N)CO)C(=O)NC(Cc1cnc[nH]1)C(=O)NC(Cc1cnc[nH]1)C(=O)O. The first-order valence-electron chi connectivity index (χ1n) is 10.7. The average Bonchev–Trinajstić information content (AvgIpc) is 3.54. The Hall–Kier alpha value is -3.43. The van der Waals surface area contributed by atoms with Crippen LogP contribution in [0.5, 0.6) is 0 Å². The first-order valence-corrected chi connectivity index (χ1v) is 12.1. The Morgan fingerprint density at radius 3 is 1.94 bits per heavy atom. The van der Waals surface area contributed by atoms with Crippen LogP contribution in [-0.2, 0) is 32.0 Å². The van der Waals surface area contributed by atoms with Gasteiger partial charge in [-0.2, -0.15) is 11.8 Å². The number of imidazole rings is 2. The second-order valence-electron chi connectivity index (χ2n) is 7.65. The second kappa shape index (κ2) is 14.1. The van der Waals surface area contributed by atoms with Crippen molar-refractivity contribution in [2.45, 2.75) is 43.4 Å². The van der Waals surface area contributed by atoms with Crippen LogP contribution in [0.25, 0.3) is 0 Å². The Labute approximate surface area is 205 Å². The number of rotatable bonds is 15. The monoisotopic (exact) mass is 510 g/mol. The molecule has 192 valence electrons. The number of aromatic nitrogens is 4. The average molecular weight is 511 g/mol. The third-order valence-electron chi connectivity index (χ3n) is 4.98. The van der Waals surface area contributed by atoms with Gasteiger partial charge in [0.2, 0.25) is 17.7 Å². The Bertz CT molecular complexity index is 955. The molecule has 0 bridgehead atoms. The molecule has 0 aliphatic carbocycles. The van der Waals surface area contributed by atoms with Crippen molar-refractivity contribution in [1.82, 2.24) is 35.9 Å². The van der Waals surface area contributed by atoms with Gasteiger partial charge in [-0.3, -0.25) is 14.4 Å². The van der Waals surface area contributed by atoms with Gasteiger partial charge in [-0.1, -0.05) is 0 Å². The first-order chi connectivity index (χ1) is 16.7. The van der Waals surface area contributed by atoms with E-state index in [-0.39, 0.29) is 19.3 Å². The molecule has 2 aromatic rings. The molecular weight excluding hydrogens is 480 g/mol. The Kier molecular flexibility index (Phi) is 11.2. The summed E-state index contributed by atoms with van der Waals surface area (Å²) in [7, 11) is 0. The van der Waals surface area contributed by atoms with Gasteiger partial charge < -0.3 is 41.9 Å². The molecule has 0 aromatic carbocycles. The molecule has 0 radical (unpaired) electrons. The molecule has 4 atom stereocenters. The second-order valence-corrected chi connectivity index (χ2v) is 8.64. The van der Waals surface area contributed by atoms with Gasteiger partial charge in [0.25, 0.3) is 0 Å². The van der Waals surface area contributed by atoms with E-state index in [0.717, 1.165) is 0 Å². The fraction of sp³-hybridized carbons (Fsp3) is 0.500. The smallest absolute Gasteiger partial charge is 0.326 e. The summed E-state index contributed by atoms with van der Waals surface area (Å²) in [4.78, 5) is 63.3. The number of amides is 3. The minimum Gasteiger partial charge on any atom is -0.480 e. The highest BCUT2D eigenvalue weighted by atomic mass is 32.2. The quantitative estimate of drug-likeness (QED) is 0.126. The number of carbonyl (C=O) groups is 4. The van der Waals surface area contributed by atoms with Crippen LogP contribution < -0.4 is 21.7 Å². The molecule has 4 unspecified atom stereocenters. The van der Waals surface area contributed by atoms with Crippen LogP contribution in [0.4, 0.5) is 0 Å². The molecule has 0 aliphatic heterocycles. The number of nitrogens with one attached hydrogen (secondary N) is 5. The summed E-state index contributed by atoms with van der Waals surface area (Å²) in [5, 5.41) is 26.2. The minimum absolute atomic E-state index is 0.00663. The van der Waals surface area contributed by atoms with Crippen molar-refractivity contribution < 1.29 is 29.4 Å². The summed E-state index contributed by atoms with van der Waals surface area (Å²) in [6.45, 7) is -0.597. The first kappa shape index (κ1) is 27.8. The number of nitrogens with zero attached hydrogens (tertiary/aromatic N) is 2. The molecular formula is C20H30N8O6S. The fourth-order valence-corrected chi connectivity index (χ4v) is 3.52. The molecule has 14 nitrogen and oxygen atoms in total. The largest absolute Gasteiger partial charge is 0.480 e. The lowest BCUT2D eigenvalue weighted by Crippen LogP contribution is -2.58. The number of hydrogen-bond donors (Lipinski definition) is 8. The number of aromatic amines is 2. The molecule has 3 amide bonds. The standard InChI is InChI=1S/C20H30N8O6S/c1-35-3-2-14(26-17(30)13(21)8-29)18(31)27-15(4-11-6-22-9-24-11)19(32)28-16(20(33)34)5-12-7-23-10-25-12/h6-7,9-10,13-16,29H,2-5,8,21H2,1H3,(H,22,24)(H,23,25)(H,26,30)(H,27,31)(H,28,32)(H,33,34). The maximum atomic E-state index is 13.1. The maximum Gasteiger partial charge on any atom is 0.326 e. The van der Waals surface area contributed by atoms with Crippen LogP contribution in [0.3, 0.4) is 0 Å². The van der Waals surface area contributed by atoms with Crippen molar-refractivity contribution in [3.05, 3.63) is 36.4 Å². The maximum absolute atomic E-state index is 13.1. The van der Waals surface area contributed by atoms with E-state index in [1.165, 1.54) is 36.8 Å². The third-order valence-corrected chi connectivity index (χ3v) is 5.63. The number of carboxylic acid groups (broad SMARTS) is 1. The number of thioether (sulfide) groups is 1. The van der Waals surface area contributed by atoms with Crippen LogP contribution in [0.1, 0.15) is 17.8 Å². The van der Waals surface area contributed by atoms with Gasteiger partial charge in [0.15, 0.2) is 0 Å². The highest BCUT2D eigenvalue weighted by Crippen LogP contribution is 2.06. The van der Waals surface area contributed by atoms with Crippen molar-refractivity contribution >= 4 is 35.5 Å². The van der Waals surface area contributed by atoms with Crippen molar-refractivity contribution in [2.75, 3.05) is 18.6 Å². The molecule has 0 fully saturated rings. The topological polar surface area (TPSA) is 228 Å². The van der Waals surface area contributed by atoms with Crippen LogP contribution in [0.15, 0.2) is 25.0 Å². The van der Waals surface area contributed by atoms with Crippen molar-refractivity contribution in [1.29, 1.82) is 0 Å². The molecule has 0 saturated heterocycles. The van der Waals surface area contributed by atoms with Crippen molar-refractivity contribution in [3.8, 4) is 0 Å². The normalized spacial score (nSPS) is 14.4. The molecule has 2 aromatic heterocycles. The van der Waals surface area contributed by atoms with Crippen molar-refractivity contribution in [3.63, 3.8) is 0 Å². The number of aliphatic carboxylic acids is 1. The lowest BCUT2D eigenvalue weighted by molar-refractivity contribution is -0.142. The number of H-pyrrole nitrogens is 2.